The van der Waals surface area contributed by atoms with Gasteiger partial charge in [0.2, 0.25) is 5.79 Å². The van der Waals surface area contributed by atoms with E-state index in [0.29, 0.717) is 18.0 Å². The zero-order valence-corrected chi connectivity index (χ0v) is 22.5. The molecule has 0 aromatic carbocycles. The molecule has 8 heteroatoms. The molecule has 0 amide bonds. The van der Waals surface area contributed by atoms with Gasteiger partial charge < -0.3 is 23.9 Å². The number of carbonyl (C=O) groups is 2. The molecule has 1 unspecified atom stereocenters. The van der Waals surface area contributed by atoms with Crippen LogP contribution in [0.4, 0.5) is 0 Å². The molecular weight excluding hydrogens is 472 g/mol. The molecule has 0 spiro atoms. The van der Waals surface area contributed by atoms with Crippen molar-refractivity contribution in [3.8, 4) is 0 Å². The van der Waals surface area contributed by atoms with E-state index in [2.05, 4.69) is 31.8 Å². The highest BCUT2D eigenvalue weighted by Crippen LogP contribution is 2.49. The minimum Gasteiger partial charge on any atom is -0.462 e. The Morgan fingerprint density at radius 3 is 2.76 bits per heavy atom. The molecular formula is C29H38N2O6. The first-order valence-corrected chi connectivity index (χ1v) is 13.0. The van der Waals surface area contributed by atoms with Crippen LogP contribution >= 0.6 is 0 Å². The summed E-state index contributed by atoms with van der Waals surface area (Å²) < 4.78 is 19.3. The minimum atomic E-state index is -1.99. The lowest BCUT2D eigenvalue weighted by atomic mass is 9.65. The summed E-state index contributed by atoms with van der Waals surface area (Å²) in [5.74, 6) is -2.65. The predicted molar refractivity (Wildman–Crippen MR) is 139 cm³/mol. The molecule has 37 heavy (non-hydrogen) atoms. The summed E-state index contributed by atoms with van der Waals surface area (Å²) >= 11 is 0. The second-order valence-corrected chi connectivity index (χ2v) is 10.9. The topological polar surface area (TPSA) is 99.9 Å². The third kappa shape index (κ3) is 5.50. The molecule has 200 valence electrons. The van der Waals surface area contributed by atoms with Crippen molar-refractivity contribution in [3.05, 3.63) is 59.7 Å². The molecule has 0 saturated carbocycles. The summed E-state index contributed by atoms with van der Waals surface area (Å²) in [6, 6.07) is 0. The Balaban J connectivity index is 1.73. The minimum absolute atomic E-state index is 0.0140. The van der Waals surface area contributed by atoms with Crippen LogP contribution in [0.2, 0.25) is 0 Å². The molecule has 0 saturated heterocycles. The second-order valence-electron chi connectivity index (χ2n) is 10.9. The first kappa shape index (κ1) is 27.1. The Bertz CT molecular complexity index is 1160. The van der Waals surface area contributed by atoms with E-state index in [1.54, 1.807) is 43.1 Å². The van der Waals surface area contributed by atoms with Crippen molar-refractivity contribution in [1.29, 1.82) is 0 Å². The van der Waals surface area contributed by atoms with Crippen LogP contribution in [0.1, 0.15) is 53.2 Å². The highest BCUT2D eigenvalue weighted by molar-refractivity contribution is 5.91. The van der Waals surface area contributed by atoms with Crippen molar-refractivity contribution in [1.82, 2.24) is 9.55 Å². The molecule has 1 N–H and O–H groups in total. The summed E-state index contributed by atoms with van der Waals surface area (Å²) in [6.07, 6.45) is 14.3. The summed E-state index contributed by atoms with van der Waals surface area (Å²) in [5.41, 5.74) is 0.727. The maximum Gasteiger partial charge on any atom is 0.339 e. The number of hydrogen-bond donors (Lipinski definition) is 1. The van der Waals surface area contributed by atoms with Crippen molar-refractivity contribution in [3.63, 3.8) is 0 Å². The SMILES string of the molecule is CCOC(=O)C1=CC2[C@@H](C(C)C)CC=C(C)[C@@H]2C[C@H](OC(=O)C=Cc2cn(C)cn2)[C@]2(C)C=C[C@@]1(O)O2. The standard InChI is InChI=1S/C29H38N2O6/c1-7-35-27(33)24-14-23-21(18(2)3)10-8-19(4)22(23)15-25(28(5)12-13-29(24,34)37-28)36-26(32)11-9-20-16-31(6)17-30-20/h8-9,11-14,16-18,21-23,25,34H,7,10,15H2,1-6H3/t21-,22+,23?,25+,28+,29-/m1/s1. The first-order valence-electron chi connectivity index (χ1n) is 13.0. The Morgan fingerprint density at radius 2 is 2.11 bits per heavy atom. The number of carbonyl (C=O) groups excluding carboxylic acids is 2. The molecule has 2 bridgehead atoms. The van der Waals surface area contributed by atoms with Crippen molar-refractivity contribution >= 4 is 18.0 Å². The van der Waals surface area contributed by atoms with Gasteiger partial charge in [-0.1, -0.05) is 31.6 Å². The van der Waals surface area contributed by atoms with E-state index < -0.39 is 29.4 Å². The van der Waals surface area contributed by atoms with E-state index >= 15 is 0 Å². The number of esters is 2. The zero-order chi connectivity index (χ0) is 27.0. The van der Waals surface area contributed by atoms with E-state index in [4.69, 9.17) is 14.2 Å². The average molecular weight is 511 g/mol. The van der Waals surface area contributed by atoms with Gasteiger partial charge in [0.25, 0.3) is 0 Å². The van der Waals surface area contributed by atoms with E-state index in [0.717, 1.165) is 6.42 Å². The Hall–Kier alpha value is -2.97. The van der Waals surface area contributed by atoms with Crippen LogP contribution in [-0.4, -0.2) is 50.7 Å². The van der Waals surface area contributed by atoms with Crippen LogP contribution in [0.15, 0.2) is 54.1 Å². The Labute approximate surface area is 218 Å². The van der Waals surface area contributed by atoms with Gasteiger partial charge in [-0.3, -0.25) is 0 Å². The van der Waals surface area contributed by atoms with Crippen molar-refractivity contribution in [2.24, 2.45) is 30.7 Å². The number of rotatable bonds is 6. The molecule has 1 aromatic heterocycles. The maximum atomic E-state index is 13.1. The number of imidazole rings is 1. The third-order valence-electron chi connectivity index (χ3n) is 7.85. The molecule has 4 rings (SSSR count). The predicted octanol–water partition coefficient (Wildman–Crippen LogP) is 4.13. The molecule has 8 nitrogen and oxygen atoms in total. The fourth-order valence-electron chi connectivity index (χ4n) is 5.75. The van der Waals surface area contributed by atoms with E-state index in [9.17, 15) is 14.7 Å². The van der Waals surface area contributed by atoms with Gasteiger partial charge in [0.05, 0.1) is 24.2 Å². The molecule has 1 aromatic rings. The van der Waals surface area contributed by atoms with Crippen molar-refractivity contribution in [2.75, 3.05) is 6.61 Å². The molecule has 0 fully saturated rings. The average Bonchev–Trinajstić information content (AvgIpc) is 3.40. The molecule has 3 heterocycles. The summed E-state index contributed by atoms with van der Waals surface area (Å²) in [6.45, 7) is 10.1. The fourth-order valence-corrected chi connectivity index (χ4v) is 5.75. The quantitative estimate of drug-likeness (QED) is 0.349. The van der Waals surface area contributed by atoms with Crippen LogP contribution in [0.25, 0.3) is 6.08 Å². The Kier molecular flexibility index (Phi) is 7.62. The molecule has 1 aliphatic carbocycles. The lowest BCUT2D eigenvalue weighted by Crippen LogP contribution is -2.47. The van der Waals surface area contributed by atoms with Gasteiger partial charge in [-0.2, -0.15) is 0 Å². The molecule has 6 atom stereocenters. The van der Waals surface area contributed by atoms with Gasteiger partial charge in [0.15, 0.2) is 0 Å². The monoisotopic (exact) mass is 510 g/mol. The fraction of sp³-hybridized carbons (Fsp3) is 0.552. The largest absolute Gasteiger partial charge is 0.462 e. The smallest absolute Gasteiger partial charge is 0.339 e. The highest BCUT2D eigenvalue weighted by atomic mass is 16.7. The third-order valence-corrected chi connectivity index (χ3v) is 7.85. The number of aryl methyl sites for hydroxylation is 1. The van der Waals surface area contributed by atoms with Gasteiger partial charge in [-0.05, 0) is 75.5 Å². The number of aromatic nitrogens is 2. The van der Waals surface area contributed by atoms with Gasteiger partial charge in [-0.15, -0.1) is 0 Å². The van der Waals surface area contributed by atoms with Crippen molar-refractivity contribution in [2.45, 2.75) is 65.0 Å². The van der Waals surface area contributed by atoms with E-state index in [-0.39, 0.29) is 29.9 Å². The number of fused-ring (bicyclic) bond motifs is 3. The lowest BCUT2D eigenvalue weighted by molar-refractivity contribution is -0.216. The normalized spacial score (nSPS) is 33.3. The highest BCUT2D eigenvalue weighted by Gasteiger charge is 2.54. The molecule has 2 aliphatic heterocycles. The van der Waals surface area contributed by atoms with Gasteiger partial charge >= 0.3 is 11.9 Å². The lowest BCUT2D eigenvalue weighted by Gasteiger charge is -2.41. The molecule has 3 aliphatic rings. The van der Waals surface area contributed by atoms with Crippen LogP contribution in [0.5, 0.6) is 0 Å². The number of hydrogen-bond acceptors (Lipinski definition) is 7. The number of aliphatic hydroxyl groups is 1. The second kappa shape index (κ2) is 10.4. The summed E-state index contributed by atoms with van der Waals surface area (Å²) in [5, 5.41) is 11.6. The van der Waals surface area contributed by atoms with Gasteiger partial charge in [0, 0.05) is 19.3 Å². The van der Waals surface area contributed by atoms with E-state index in [1.807, 2.05) is 13.1 Å². The van der Waals surface area contributed by atoms with Crippen LogP contribution < -0.4 is 0 Å². The number of nitrogens with zero attached hydrogens (tertiary/aromatic N) is 2. The number of allylic oxidation sites excluding steroid dienone is 3. The van der Waals surface area contributed by atoms with Crippen LogP contribution in [-0.2, 0) is 30.8 Å². The molecule has 0 radical (unpaired) electrons. The van der Waals surface area contributed by atoms with Crippen LogP contribution in [0, 0.1) is 23.7 Å². The summed E-state index contributed by atoms with van der Waals surface area (Å²) in [4.78, 5) is 30.3. The zero-order valence-electron chi connectivity index (χ0n) is 22.5. The van der Waals surface area contributed by atoms with Crippen LogP contribution in [0.3, 0.4) is 0 Å². The van der Waals surface area contributed by atoms with Gasteiger partial charge in [-0.25, -0.2) is 14.6 Å². The summed E-state index contributed by atoms with van der Waals surface area (Å²) in [7, 11) is 1.85. The van der Waals surface area contributed by atoms with E-state index in [1.165, 1.54) is 17.7 Å². The maximum absolute atomic E-state index is 13.1. The number of ether oxygens (including phenoxy) is 3. The Morgan fingerprint density at radius 1 is 1.35 bits per heavy atom. The van der Waals surface area contributed by atoms with Gasteiger partial charge in [0.1, 0.15) is 11.7 Å². The van der Waals surface area contributed by atoms with Crippen molar-refractivity contribution < 1.29 is 28.9 Å². The first-order chi connectivity index (χ1) is 17.5.